The second kappa shape index (κ2) is 2.01. The highest BCUT2D eigenvalue weighted by atomic mass is 35.5. The Labute approximate surface area is 69.9 Å². The fourth-order valence-electron chi connectivity index (χ4n) is 2.04. The van der Waals surface area contributed by atoms with Crippen LogP contribution < -0.4 is 0 Å². The lowest BCUT2D eigenvalue weighted by Gasteiger charge is -2.22. The summed E-state index contributed by atoms with van der Waals surface area (Å²) >= 11 is 5.95. The van der Waals surface area contributed by atoms with E-state index in [0.717, 1.165) is 6.42 Å². The molecular weight excluding hydrogens is 164 g/mol. The molecule has 3 atom stereocenters. The molecule has 60 valence electrons. The highest BCUT2D eigenvalue weighted by Gasteiger charge is 2.52. The van der Waals surface area contributed by atoms with Gasteiger partial charge in [0.25, 0.3) is 0 Å². The van der Waals surface area contributed by atoms with Crippen LogP contribution in [0.15, 0.2) is 12.2 Å². The lowest BCUT2D eigenvalue weighted by molar-refractivity contribution is -0.140. The Morgan fingerprint density at radius 2 is 2.36 bits per heavy atom. The quantitative estimate of drug-likeness (QED) is 0.482. The molecule has 0 spiro atoms. The van der Waals surface area contributed by atoms with E-state index in [1.54, 1.807) is 0 Å². The van der Waals surface area contributed by atoms with Gasteiger partial charge < -0.3 is 5.11 Å². The topological polar surface area (TPSA) is 37.3 Å². The van der Waals surface area contributed by atoms with Crippen LogP contribution in [0.25, 0.3) is 0 Å². The zero-order chi connectivity index (χ0) is 8.06. The number of fused-ring (bicyclic) bond motifs is 2. The number of alkyl halides is 1. The van der Waals surface area contributed by atoms with E-state index < -0.39 is 10.8 Å². The van der Waals surface area contributed by atoms with Crippen LogP contribution in [0.2, 0.25) is 0 Å². The number of carboxylic acids is 1. The van der Waals surface area contributed by atoms with E-state index in [-0.39, 0.29) is 5.92 Å². The number of carbonyl (C=O) groups is 1. The molecule has 2 nitrogen and oxygen atoms in total. The van der Waals surface area contributed by atoms with Gasteiger partial charge in [0.2, 0.25) is 0 Å². The molecule has 0 aliphatic heterocycles. The first kappa shape index (κ1) is 7.17. The van der Waals surface area contributed by atoms with Gasteiger partial charge in [-0.15, -0.1) is 11.6 Å². The summed E-state index contributed by atoms with van der Waals surface area (Å²) in [7, 11) is 0. The normalized spacial score (nSPS) is 46.6. The second-order valence-corrected chi connectivity index (χ2v) is 4.03. The van der Waals surface area contributed by atoms with Gasteiger partial charge in [-0.25, -0.2) is 0 Å². The summed E-state index contributed by atoms with van der Waals surface area (Å²) in [6.45, 7) is 0. The Balaban J connectivity index is 2.30. The van der Waals surface area contributed by atoms with Crippen LogP contribution in [-0.2, 0) is 4.79 Å². The van der Waals surface area contributed by atoms with Crippen molar-refractivity contribution in [2.24, 2.45) is 11.8 Å². The second-order valence-electron chi connectivity index (χ2n) is 3.36. The molecule has 0 heterocycles. The molecule has 3 heteroatoms. The zero-order valence-electron chi connectivity index (χ0n) is 5.96. The molecule has 1 N–H and O–H groups in total. The first-order valence-electron chi connectivity index (χ1n) is 3.73. The standard InChI is InChI=1S/C8H9ClO2/c9-8(7(10)11)4-5-1-2-6(8)3-5/h1-2,5-6H,3-4H2,(H,10,11)/t5?,6?,8-/m1/s1. The van der Waals surface area contributed by atoms with E-state index in [1.165, 1.54) is 0 Å². The highest BCUT2D eigenvalue weighted by Crippen LogP contribution is 2.50. The van der Waals surface area contributed by atoms with Crippen molar-refractivity contribution in [2.75, 3.05) is 0 Å². The minimum absolute atomic E-state index is 0.0617. The van der Waals surface area contributed by atoms with Crippen molar-refractivity contribution >= 4 is 17.6 Å². The first-order chi connectivity index (χ1) is 5.13. The monoisotopic (exact) mass is 172 g/mol. The first-order valence-corrected chi connectivity index (χ1v) is 4.11. The summed E-state index contributed by atoms with van der Waals surface area (Å²) in [6.07, 6.45) is 5.55. The fraction of sp³-hybridized carbons (Fsp3) is 0.625. The molecule has 0 radical (unpaired) electrons. The summed E-state index contributed by atoms with van der Waals surface area (Å²) in [5.41, 5.74) is 0. The predicted octanol–water partition coefficient (Wildman–Crippen LogP) is 1.64. The van der Waals surface area contributed by atoms with Gasteiger partial charge >= 0.3 is 5.97 Å². The molecule has 2 aliphatic rings. The SMILES string of the molecule is O=C(O)[C@@]1(Cl)CC2C=CC1C2. The molecule has 2 unspecified atom stereocenters. The van der Waals surface area contributed by atoms with Crippen LogP contribution in [0.3, 0.4) is 0 Å². The minimum atomic E-state index is -0.987. The number of halogens is 1. The summed E-state index contributed by atoms with van der Waals surface area (Å²) in [4.78, 5) is 9.76. The van der Waals surface area contributed by atoms with Crippen molar-refractivity contribution < 1.29 is 9.90 Å². The van der Waals surface area contributed by atoms with Gasteiger partial charge in [0.05, 0.1) is 0 Å². The van der Waals surface area contributed by atoms with Crippen molar-refractivity contribution in [3.8, 4) is 0 Å². The largest absolute Gasteiger partial charge is 0.480 e. The molecule has 1 saturated carbocycles. The summed E-state index contributed by atoms with van der Waals surface area (Å²) < 4.78 is 0. The molecular formula is C8H9ClO2. The maximum Gasteiger partial charge on any atom is 0.325 e. The molecule has 11 heavy (non-hydrogen) atoms. The summed E-state index contributed by atoms with van der Waals surface area (Å²) in [5.74, 6) is -0.392. The fourth-order valence-corrected chi connectivity index (χ4v) is 2.40. The van der Waals surface area contributed by atoms with Crippen molar-refractivity contribution in [1.82, 2.24) is 0 Å². The summed E-state index contributed by atoms with van der Waals surface area (Å²) in [5, 5.41) is 8.83. The Morgan fingerprint density at radius 3 is 2.64 bits per heavy atom. The Morgan fingerprint density at radius 1 is 1.64 bits per heavy atom. The molecule has 0 aromatic rings. The maximum absolute atomic E-state index is 10.7. The number of hydrogen-bond donors (Lipinski definition) is 1. The average Bonchev–Trinajstić information content (AvgIpc) is 2.45. The van der Waals surface area contributed by atoms with Crippen LogP contribution >= 0.6 is 11.6 Å². The molecule has 0 aromatic heterocycles. The maximum atomic E-state index is 10.7. The van der Waals surface area contributed by atoms with Crippen molar-refractivity contribution in [1.29, 1.82) is 0 Å². The number of rotatable bonds is 1. The van der Waals surface area contributed by atoms with Gasteiger partial charge in [-0.3, -0.25) is 4.79 Å². The van der Waals surface area contributed by atoms with E-state index in [2.05, 4.69) is 6.08 Å². The molecule has 2 bridgehead atoms. The van der Waals surface area contributed by atoms with E-state index in [1.807, 2.05) is 6.08 Å². The van der Waals surface area contributed by atoms with Crippen LogP contribution in [0.4, 0.5) is 0 Å². The lowest BCUT2D eigenvalue weighted by Crippen LogP contribution is -2.36. The number of allylic oxidation sites excluding steroid dienone is 2. The van der Waals surface area contributed by atoms with Gasteiger partial charge in [0, 0.05) is 5.92 Å². The highest BCUT2D eigenvalue weighted by molar-refractivity contribution is 6.34. The molecule has 2 aliphatic carbocycles. The number of carboxylic acid groups (broad SMARTS) is 1. The molecule has 1 fully saturated rings. The average molecular weight is 173 g/mol. The minimum Gasteiger partial charge on any atom is -0.480 e. The number of aliphatic carboxylic acids is 1. The van der Waals surface area contributed by atoms with Crippen LogP contribution in [-0.4, -0.2) is 16.0 Å². The molecule has 0 saturated heterocycles. The summed E-state index contributed by atoms with van der Waals surface area (Å²) in [6, 6.07) is 0. The number of hydrogen-bond acceptors (Lipinski definition) is 1. The third kappa shape index (κ3) is 0.822. The van der Waals surface area contributed by atoms with E-state index in [0.29, 0.717) is 12.3 Å². The van der Waals surface area contributed by atoms with Crippen LogP contribution in [0, 0.1) is 11.8 Å². The van der Waals surface area contributed by atoms with Gasteiger partial charge in [-0.2, -0.15) is 0 Å². The van der Waals surface area contributed by atoms with Gasteiger partial charge in [-0.05, 0) is 18.8 Å². The zero-order valence-corrected chi connectivity index (χ0v) is 6.71. The molecule has 0 aromatic carbocycles. The van der Waals surface area contributed by atoms with Crippen LogP contribution in [0.1, 0.15) is 12.8 Å². The molecule has 2 rings (SSSR count). The van der Waals surface area contributed by atoms with Crippen molar-refractivity contribution in [3.05, 3.63) is 12.2 Å². The van der Waals surface area contributed by atoms with E-state index in [4.69, 9.17) is 16.7 Å². The molecule has 0 amide bonds. The predicted molar refractivity (Wildman–Crippen MR) is 41.6 cm³/mol. The lowest BCUT2D eigenvalue weighted by atomic mass is 9.93. The smallest absolute Gasteiger partial charge is 0.325 e. The third-order valence-corrected chi connectivity index (χ3v) is 3.27. The Hall–Kier alpha value is -0.500. The van der Waals surface area contributed by atoms with Gasteiger partial charge in [0.15, 0.2) is 0 Å². The van der Waals surface area contributed by atoms with Crippen LogP contribution in [0.5, 0.6) is 0 Å². The van der Waals surface area contributed by atoms with Gasteiger partial charge in [0.1, 0.15) is 4.87 Å². The van der Waals surface area contributed by atoms with E-state index >= 15 is 0 Å². The Bertz CT molecular complexity index is 236. The third-order valence-electron chi connectivity index (χ3n) is 2.67. The van der Waals surface area contributed by atoms with Crippen molar-refractivity contribution in [2.45, 2.75) is 17.7 Å². The van der Waals surface area contributed by atoms with Gasteiger partial charge in [-0.1, -0.05) is 12.2 Å². The van der Waals surface area contributed by atoms with Crippen molar-refractivity contribution in [3.63, 3.8) is 0 Å². The van der Waals surface area contributed by atoms with E-state index in [9.17, 15) is 4.79 Å². The Kier molecular flexibility index (Phi) is 1.31.